The second kappa shape index (κ2) is 6.16. The van der Waals surface area contributed by atoms with E-state index in [0.717, 1.165) is 0 Å². The van der Waals surface area contributed by atoms with Gasteiger partial charge >= 0.3 is 0 Å². The molecule has 0 saturated heterocycles. The lowest BCUT2D eigenvalue weighted by Gasteiger charge is -2.04. The molecule has 7 nitrogen and oxygen atoms in total. The van der Waals surface area contributed by atoms with Gasteiger partial charge in [0.25, 0.3) is 11.6 Å². The predicted octanol–water partition coefficient (Wildman–Crippen LogP) is 2.73. The Morgan fingerprint density at radius 3 is 2.71 bits per heavy atom. The Kier molecular flexibility index (Phi) is 4.11. The minimum atomic E-state index is -0.747. The van der Waals surface area contributed by atoms with Crippen LogP contribution < -0.4 is 5.32 Å². The van der Waals surface area contributed by atoms with Crippen molar-refractivity contribution in [1.29, 1.82) is 5.26 Å². The molecular formula is C14H9N3O4. The summed E-state index contributed by atoms with van der Waals surface area (Å²) in [5.41, 5.74) is -0.447. The van der Waals surface area contributed by atoms with Crippen molar-refractivity contribution in [2.24, 2.45) is 0 Å². The van der Waals surface area contributed by atoms with Crippen molar-refractivity contribution in [3.05, 3.63) is 64.1 Å². The molecule has 0 atom stereocenters. The predicted molar refractivity (Wildman–Crippen MR) is 74.0 cm³/mol. The molecule has 2 aromatic rings. The van der Waals surface area contributed by atoms with E-state index in [1.165, 1.54) is 30.5 Å². The third kappa shape index (κ3) is 3.33. The van der Waals surface area contributed by atoms with E-state index >= 15 is 0 Å². The van der Waals surface area contributed by atoms with Gasteiger partial charge in [0.15, 0.2) is 0 Å². The first-order valence-corrected chi connectivity index (χ1v) is 5.82. The van der Waals surface area contributed by atoms with Crippen molar-refractivity contribution in [2.75, 3.05) is 5.32 Å². The van der Waals surface area contributed by atoms with Crippen molar-refractivity contribution in [3.63, 3.8) is 0 Å². The molecule has 2 rings (SSSR count). The fourth-order valence-corrected chi connectivity index (χ4v) is 1.59. The molecule has 104 valence electrons. The highest BCUT2D eigenvalue weighted by Crippen LogP contribution is 2.23. The van der Waals surface area contributed by atoms with E-state index in [2.05, 4.69) is 5.32 Å². The number of carbonyl (C=O) groups excluding carboxylic acids is 1. The first-order valence-electron chi connectivity index (χ1n) is 5.82. The second-order valence-electron chi connectivity index (χ2n) is 3.91. The molecule has 1 aromatic heterocycles. The molecule has 0 aliphatic heterocycles. The number of para-hydroxylation sites is 2. The number of nitrogens with zero attached hydrogens (tertiary/aromatic N) is 2. The van der Waals surface area contributed by atoms with Crippen LogP contribution in [0.4, 0.5) is 11.4 Å². The lowest BCUT2D eigenvalue weighted by atomic mass is 10.2. The van der Waals surface area contributed by atoms with Gasteiger partial charge in [-0.05, 0) is 18.2 Å². The molecule has 0 radical (unpaired) electrons. The van der Waals surface area contributed by atoms with Crippen molar-refractivity contribution in [2.45, 2.75) is 0 Å². The fourth-order valence-electron chi connectivity index (χ4n) is 1.59. The Morgan fingerprint density at radius 1 is 1.33 bits per heavy atom. The highest BCUT2D eigenvalue weighted by molar-refractivity contribution is 6.10. The number of anilines is 1. The van der Waals surface area contributed by atoms with Crippen molar-refractivity contribution in [1.82, 2.24) is 0 Å². The van der Waals surface area contributed by atoms with E-state index in [9.17, 15) is 14.9 Å². The summed E-state index contributed by atoms with van der Waals surface area (Å²) in [6.07, 6.45) is 2.66. The van der Waals surface area contributed by atoms with Gasteiger partial charge in [-0.1, -0.05) is 12.1 Å². The van der Waals surface area contributed by atoms with E-state index in [4.69, 9.17) is 9.68 Å². The van der Waals surface area contributed by atoms with Crippen LogP contribution in [-0.2, 0) is 4.79 Å². The van der Waals surface area contributed by atoms with Gasteiger partial charge in [-0.3, -0.25) is 14.9 Å². The number of nitriles is 1. The van der Waals surface area contributed by atoms with Gasteiger partial charge in [-0.2, -0.15) is 5.26 Å². The molecule has 0 saturated carbocycles. The zero-order chi connectivity index (χ0) is 15.2. The minimum Gasteiger partial charge on any atom is -0.465 e. The number of hydrogen-bond acceptors (Lipinski definition) is 5. The third-order valence-electron chi connectivity index (χ3n) is 2.54. The summed E-state index contributed by atoms with van der Waals surface area (Å²) in [6, 6.07) is 10.6. The van der Waals surface area contributed by atoms with Crippen LogP contribution in [0.3, 0.4) is 0 Å². The molecule has 21 heavy (non-hydrogen) atoms. The largest absolute Gasteiger partial charge is 0.465 e. The second-order valence-corrected chi connectivity index (χ2v) is 3.91. The van der Waals surface area contributed by atoms with E-state index in [1.54, 1.807) is 24.3 Å². The average molecular weight is 283 g/mol. The smallest absolute Gasteiger partial charge is 0.292 e. The molecule has 0 bridgehead atoms. The Labute approximate surface area is 119 Å². The molecular weight excluding hydrogens is 274 g/mol. The molecule has 1 N–H and O–H groups in total. The van der Waals surface area contributed by atoms with Gasteiger partial charge in [-0.25, -0.2) is 0 Å². The number of nitro groups is 1. The van der Waals surface area contributed by atoms with Crippen LogP contribution in [0.5, 0.6) is 0 Å². The summed E-state index contributed by atoms with van der Waals surface area (Å²) in [4.78, 5) is 22.2. The van der Waals surface area contributed by atoms with E-state index in [-0.39, 0.29) is 16.9 Å². The number of nitrogens with one attached hydrogen (secondary N) is 1. The van der Waals surface area contributed by atoms with E-state index in [1.807, 2.05) is 0 Å². The molecule has 0 aliphatic rings. The standard InChI is InChI=1S/C14H9N3O4/c15-9-10(8-11-4-3-7-21-11)14(18)16-12-5-1-2-6-13(12)17(19)20/h1-8H,(H,16,18)/b10-8+. The van der Waals surface area contributed by atoms with E-state index < -0.39 is 10.8 Å². The number of hydrogen-bond donors (Lipinski definition) is 1. The molecule has 1 amide bonds. The fraction of sp³-hybridized carbons (Fsp3) is 0. The SMILES string of the molecule is N#C/C(=C\c1ccco1)C(=O)Nc1ccccc1[N+](=O)[O-]. The maximum atomic E-state index is 12.0. The summed E-state index contributed by atoms with van der Waals surface area (Å²) < 4.78 is 5.01. The summed E-state index contributed by atoms with van der Waals surface area (Å²) in [7, 11) is 0. The summed E-state index contributed by atoms with van der Waals surface area (Å²) in [6.45, 7) is 0. The Bertz CT molecular complexity index is 742. The monoisotopic (exact) mass is 283 g/mol. The van der Waals surface area contributed by atoms with Crippen molar-refractivity contribution < 1.29 is 14.1 Å². The number of furan rings is 1. The Hall–Kier alpha value is -3.40. The van der Waals surface area contributed by atoms with Crippen LogP contribution in [0.15, 0.2) is 52.7 Å². The highest BCUT2D eigenvalue weighted by atomic mass is 16.6. The van der Waals surface area contributed by atoms with Gasteiger partial charge in [0.1, 0.15) is 23.1 Å². The summed E-state index contributed by atoms with van der Waals surface area (Å²) in [5.74, 6) is -0.410. The molecule has 1 heterocycles. The van der Waals surface area contributed by atoms with Crippen LogP contribution in [0, 0.1) is 21.4 Å². The Balaban J connectivity index is 2.25. The van der Waals surface area contributed by atoms with Gasteiger partial charge in [0.05, 0.1) is 11.2 Å². The normalized spacial score (nSPS) is 10.7. The molecule has 0 spiro atoms. The first-order chi connectivity index (χ1) is 10.1. The number of amides is 1. The highest BCUT2D eigenvalue weighted by Gasteiger charge is 2.17. The number of nitro benzene ring substituents is 1. The van der Waals surface area contributed by atoms with Crippen LogP contribution in [0.25, 0.3) is 6.08 Å². The van der Waals surface area contributed by atoms with Crippen LogP contribution in [0.2, 0.25) is 0 Å². The minimum absolute atomic E-state index is 0.0214. The topological polar surface area (TPSA) is 109 Å². The number of benzene rings is 1. The maximum Gasteiger partial charge on any atom is 0.292 e. The van der Waals surface area contributed by atoms with Crippen molar-refractivity contribution in [3.8, 4) is 6.07 Å². The number of carbonyl (C=O) groups is 1. The zero-order valence-corrected chi connectivity index (χ0v) is 10.6. The van der Waals surface area contributed by atoms with Crippen molar-refractivity contribution >= 4 is 23.4 Å². The molecule has 7 heteroatoms. The molecule has 1 aromatic carbocycles. The van der Waals surface area contributed by atoms with Gasteiger partial charge in [0, 0.05) is 12.1 Å². The van der Waals surface area contributed by atoms with Gasteiger partial charge in [-0.15, -0.1) is 0 Å². The molecule has 0 fully saturated rings. The lowest BCUT2D eigenvalue weighted by molar-refractivity contribution is -0.383. The van der Waals surface area contributed by atoms with E-state index in [0.29, 0.717) is 5.76 Å². The molecule has 0 unspecified atom stereocenters. The lowest BCUT2D eigenvalue weighted by Crippen LogP contribution is -2.14. The quantitative estimate of drug-likeness (QED) is 0.401. The average Bonchev–Trinajstić information content (AvgIpc) is 2.98. The first kappa shape index (κ1) is 14.0. The van der Waals surface area contributed by atoms with Gasteiger partial charge in [0.2, 0.25) is 0 Å². The van der Waals surface area contributed by atoms with Crippen LogP contribution in [-0.4, -0.2) is 10.8 Å². The Morgan fingerprint density at radius 2 is 2.10 bits per heavy atom. The molecule has 0 aliphatic carbocycles. The van der Waals surface area contributed by atoms with Crippen LogP contribution >= 0.6 is 0 Å². The van der Waals surface area contributed by atoms with Gasteiger partial charge < -0.3 is 9.73 Å². The maximum absolute atomic E-state index is 12.0. The summed E-state index contributed by atoms with van der Waals surface area (Å²) in [5, 5.41) is 22.2. The van der Waals surface area contributed by atoms with Crippen LogP contribution in [0.1, 0.15) is 5.76 Å². The summed E-state index contributed by atoms with van der Waals surface area (Å²) >= 11 is 0. The number of rotatable bonds is 4. The third-order valence-corrected chi connectivity index (χ3v) is 2.54. The zero-order valence-electron chi connectivity index (χ0n) is 10.6.